The maximum absolute atomic E-state index is 13.9. The zero-order chi connectivity index (χ0) is 17.6. The van der Waals surface area contributed by atoms with E-state index in [9.17, 15) is 4.79 Å². The third kappa shape index (κ3) is 2.76. The van der Waals surface area contributed by atoms with Gasteiger partial charge in [0.25, 0.3) is 0 Å². The summed E-state index contributed by atoms with van der Waals surface area (Å²) in [6.45, 7) is 0.672. The van der Waals surface area contributed by atoms with E-state index in [1.54, 1.807) is 0 Å². The summed E-state index contributed by atoms with van der Waals surface area (Å²) >= 11 is 0. The lowest BCUT2D eigenvalue weighted by Crippen LogP contribution is -2.54. The van der Waals surface area contributed by atoms with Crippen LogP contribution in [-0.4, -0.2) is 5.91 Å². The molecule has 2 nitrogen and oxygen atoms in total. The molecular weight excluding hydrogens is 318 g/mol. The minimum atomic E-state index is -0.0978. The molecule has 0 unspecified atom stereocenters. The Hall–Kier alpha value is -2.09. The first-order chi connectivity index (χ1) is 12.7. The number of hydrogen-bond acceptors (Lipinski definition) is 1. The Morgan fingerprint density at radius 2 is 1.31 bits per heavy atom. The molecule has 0 heterocycles. The molecule has 4 aliphatic rings. The highest BCUT2D eigenvalue weighted by Gasteiger charge is 2.55. The van der Waals surface area contributed by atoms with E-state index in [4.69, 9.17) is 0 Å². The quantitative estimate of drug-likeness (QED) is 0.723. The Balaban J connectivity index is 1.49. The number of para-hydroxylation sites is 1. The second-order valence-corrected chi connectivity index (χ2v) is 8.91. The number of carbonyl (C=O) groups excluding carboxylic acids is 1. The van der Waals surface area contributed by atoms with Gasteiger partial charge in [0.15, 0.2) is 0 Å². The fraction of sp³-hybridized carbons (Fsp3) is 0.458. The van der Waals surface area contributed by atoms with Crippen LogP contribution in [0, 0.1) is 23.2 Å². The number of benzene rings is 2. The highest BCUT2D eigenvalue weighted by atomic mass is 16.2. The zero-order valence-electron chi connectivity index (χ0n) is 15.3. The fourth-order valence-electron chi connectivity index (χ4n) is 6.31. The normalized spacial score (nSPS) is 31.8. The molecule has 4 saturated carbocycles. The second kappa shape index (κ2) is 6.26. The minimum absolute atomic E-state index is 0.0978. The molecule has 6 rings (SSSR count). The zero-order valence-corrected chi connectivity index (χ0v) is 15.3. The Bertz CT molecular complexity index is 747. The standard InChI is InChI=1S/C24H27NO/c26-23(24-14-19-11-20(15-24)13-21(12-19)16-24)25(22-9-5-2-6-10-22)17-18-7-3-1-4-8-18/h1-10,19-21H,11-17H2. The summed E-state index contributed by atoms with van der Waals surface area (Å²) < 4.78 is 0. The van der Waals surface area contributed by atoms with Crippen LogP contribution in [0.3, 0.4) is 0 Å². The average molecular weight is 345 g/mol. The molecule has 134 valence electrons. The molecule has 4 aliphatic carbocycles. The maximum atomic E-state index is 13.9. The third-order valence-electron chi connectivity index (χ3n) is 6.99. The van der Waals surface area contributed by atoms with Crippen molar-refractivity contribution in [3.05, 3.63) is 66.2 Å². The number of rotatable bonds is 4. The molecule has 0 N–H and O–H groups in total. The molecule has 26 heavy (non-hydrogen) atoms. The van der Waals surface area contributed by atoms with Gasteiger partial charge in [-0.1, -0.05) is 48.5 Å². The van der Waals surface area contributed by atoms with Crippen molar-refractivity contribution in [1.29, 1.82) is 0 Å². The average Bonchev–Trinajstić information content (AvgIpc) is 2.66. The first-order valence-electron chi connectivity index (χ1n) is 10.1. The molecule has 1 amide bonds. The van der Waals surface area contributed by atoms with E-state index in [1.165, 1.54) is 24.8 Å². The van der Waals surface area contributed by atoms with Gasteiger partial charge in [-0.25, -0.2) is 0 Å². The van der Waals surface area contributed by atoms with Crippen LogP contribution in [-0.2, 0) is 11.3 Å². The van der Waals surface area contributed by atoms with Crippen molar-refractivity contribution in [3.8, 4) is 0 Å². The van der Waals surface area contributed by atoms with Gasteiger partial charge in [0.1, 0.15) is 0 Å². The summed E-state index contributed by atoms with van der Waals surface area (Å²) in [5.74, 6) is 2.75. The highest BCUT2D eigenvalue weighted by Crippen LogP contribution is 2.60. The molecule has 2 heteroatoms. The summed E-state index contributed by atoms with van der Waals surface area (Å²) in [6, 6.07) is 20.7. The molecule has 2 aromatic carbocycles. The van der Waals surface area contributed by atoms with Gasteiger partial charge in [-0.15, -0.1) is 0 Å². The highest BCUT2D eigenvalue weighted by molar-refractivity contribution is 5.97. The number of hydrogen-bond donors (Lipinski definition) is 0. The van der Waals surface area contributed by atoms with Gasteiger partial charge >= 0.3 is 0 Å². The molecule has 4 bridgehead atoms. The summed E-state index contributed by atoms with van der Waals surface area (Å²) in [4.78, 5) is 16.0. The van der Waals surface area contributed by atoms with Crippen molar-refractivity contribution in [1.82, 2.24) is 0 Å². The lowest BCUT2D eigenvalue weighted by molar-refractivity contribution is -0.143. The van der Waals surface area contributed by atoms with Crippen molar-refractivity contribution in [2.45, 2.75) is 45.1 Å². The molecule has 0 atom stereocenters. The van der Waals surface area contributed by atoms with Gasteiger partial charge in [0, 0.05) is 5.69 Å². The van der Waals surface area contributed by atoms with Crippen LogP contribution in [0.4, 0.5) is 5.69 Å². The van der Waals surface area contributed by atoms with Gasteiger partial charge in [0.05, 0.1) is 12.0 Å². The van der Waals surface area contributed by atoms with Crippen LogP contribution < -0.4 is 4.90 Å². The van der Waals surface area contributed by atoms with E-state index in [-0.39, 0.29) is 5.41 Å². The van der Waals surface area contributed by atoms with Crippen molar-refractivity contribution >= 4 is 11.6 Å². The largest absolute Gasteiger partial charge is 0.308 e. The van der Waals surface area contributed by atoms with Gasteiger partial charge < -0.3 is 4.90 Å². The number of amides is 1. The monoisotopic (exact) mass is 345 g/mol. The van der Waals surface area contributed by atoms with Crippen molar-refractivity contribution in [3.63, 3.8) is 0 Å². The molecule has 0 radical (unpaired) electrons. The van der Waals surface area contributed by atoms with Gasteiger partial charge in [-0.05, 0) is 74.0 Å². The lowest BCUT2D eigenvalue weighted by Gasteiger charge is -2.56. The molecule has 0 saturated heterocycles. The van der Waals surface area contributed by atoms with Crippen molar-refractivity contribution < 1.29 is 4.79 Å². The number of nitrogens with zero attached hydrogens (tertiary/aromatic N) is 1. The Labute approximate surface area is 156 Å². The maximum Gasteiger partial charge on any atom is 0.233 e. The third-order valence-corrected chi connectivity index (χ3v) is 6.99. The van der Waals surface area contributed by atoms with Crippen LogP contribution in [0.25, 0.3) is 0 Å². The number of carbonyl (C=O) groups is 1. The van der Waals surface area contributed by atoms with Crippen molar-refractivity contribution in [2.24, 2.45) is 23.2 Å². The first kappa shape index (κ1) is 16.1. The Morgan fingerprint density at radius 1 is 0.808 bits per heavy atom. The Kier molecular flexibility index (Phi) is 3.88. The smallest absolute Gasteiger partial charge is 0.233 e. The predicted molar refractivity (Wildman–Crippen MR) is 105 cm³/mol. The van der Waals surface area contributed by atoms with Gasteiger partial charge in [-0.2, -0.15) is 0 Å². The predicted octanol–water partition coefficient (Wildman–Crippen LogP) is 5.44. The first-order valence-corrected chi connectivity index (χ1v) is 10.1. The van der Waals surface area contributed by atoms with Gasteiger partial charge in [0.2, 0.25) is 5.91 Å². The van der Waals surface area contributed by atoms with Gasteiger partial charge in [-0.3, -0.25) is 4.79 Å². The SMILES string of the molecule is O=C(N(Cc1ccccc1)c1ccccc1)C12CC3CC(CC(C3)C1)C2. The fourth-order valence-corrected chi connectivity index (χ4v) is 6.31. The summed E-state index contributed by atoms with van der Waals surface area (Å²) in [7, 11) is 0. The second-order valence-electron chi connectivity index (χ2n) is 8.91. The number of anilines is 1. The van der Waals surface area contributed by atoms with Crippen LogP contribution in [0.5, 0.6) is 0 Å². The van der Waals surface area contributed by atoms with Crippen molar-refractivity contribution in [2.75, 3.05) is 4.90 Å². The molecule has 0 aromatic heterocycles. The van der Waals surface area contributed by atoms with Crippen LogP contribution in [0.15, 0.2) is 60.7 Å². The van der Waals surface area contributed by atoms with E-state index < -0.39 is 0 Å². The lowest BCUT2D eigenvalue weighted by atomic mass is 9.49. The topological polar surface area (TPSA) is 20.3 Å². The van der Waals surface area contributed by atoms with E-state index in [0.717, 1.165) is 42.7 Å². The molecule has 2 aromatic rings. The molecule has 0 spiro atoms. The van der Waals surface area contributed by atoms with Crippen LogP contribution in [0.1, 0.15) is 44.1 Å². The van der Waals surface area contributed by atoms with E-state index >= 15 is 0 Å². The molecule has 4 fully saturated rings. The summed E-state index contributed by atoms with van der Waals surface area (Å²) in [5, 5.41) is 0. The Morgan fingerprint density at radius 3 is 1.85 bits per heavy atom. The van der Waals surface area contributed by atoms with E-state index in [2.05, 4.69) is 41.3 Å². The molecule has 0 aliphatic heterocycles. The minimum Gasteiger partial charge on any atom is -0.308 e. The molecular formula is C24H27NO. The van der Waals surface area contributed by atoms with Crippen LogP contribution >= 0.6 is 0 Å². The summed E-state index contributed by atoms with van der Waals surface area (Å²) in [5.41, 5.74) is 2.14. The summed E-state index contributed by atoms with van der Waals surface area (Å²) in [6.07, 6.45) is 7.48. The van der Waals surface area contributed by atoms with E-state index in [1.807, 2.05) is 24.3 Å². The van der Waals surface area contributed by atoms with E-state index in [0.29, 0.717) is 12.5 Å². The van der Waals surface area contributed by atoms with Crippen LogP contribution in [0.2, 0.25) is 0 Å².